The molecule has 0 atom stereocenters. The monoisotopic (exact) mass is 764 g/mol. The van der Waals surface area contributed by atoms with Crippen LogP contribution in [0.1, 0.15) is 32.0 Å². The Labute approximate surface area is 314 Å². The number of carbonyl (C=O) groups is 2. The topological polar surface area (TPSA) is 201 Å². The Balaban J connectivity index is 1.02. The van der Waals surface area contributed by atoms with Crippen LogP contribution in [0.3, 0.4) is 0 Å². The van der Waals surface area contributed by atoms with Crippen molar-refractivity contribution in [2.45, 2.75) is 9.79 Å². The molecule has 3 aromatic carbocycles. The number of aromatic nitrogens is 3. The van der Waals surface area contributed by atoms with E-state index in [4.69, 9.17) is 0 Å². The Morgan fingerprint density at radius 1 is 0.889 bits per heavy atom. The lowest BCUT2D eigenvalue weighted by Crippen LogP contribution is -2.49. The highest BCUT2D eigenvalue weighted by atomic mass is 32.2. The number of aromatic hydroxyl groups is 1. The number of nitro benzene ring substituents is 1. The van der Waals surface area contributed by atoms with E-state index in [1.54, 1.807) is 47.1 Å². The average molecular weight is 765 g/mol. The normalized spacial score (nSPS) is 12.7. The molecule has 0 radical (unpaired) electrons. The summed E-state index contributed by atoms with van der Waals surface area (Å²) in [5, 5.41) is 32.4. The first-order valence-corrected chi connectivity index (χ1v) is 18.9. The molecular weight excluding hydrogens is 733 g/mol. The van der Waals surface area contributed by atoms with Gasteiger partial charge in [-0.25, -0.2) is 13.1 Å². The van der Waals surface area contributed by atoms with Gasteiger partial charge in [-0.15, -0.1) is 22.0 Å². The van der Waals surface area contributed by atoms with E-state index in [-0.39, 0.29) is 23.0 Å². The zero-order valence-corrected chi connectivity index (χ0v) is 30.1. The van der Waals surface area contributed by atoms with Gasteiger partial charge in [0.1, 0.15) is 11.4 Å². The number of amides is 2. The number of thioether (sulfide) groups is 1. The van der Waals surface area contributed by atoms with Crippen molar-refractivity contribution in [3.63, 3.8) is 0 Å². The molecule has 6 rings (SSSR count). The second-order valence-corrected chi connectivity index (χ2v) is 14.6. The summed E-state index contributed by atoms with van der Waals surface area (Å²) < 4.78 is 28.0. The zero-order chi connectivity index (χ0) is 38.1. The standard InChI is InChI=1S/C37H32N8O7S2/c46-29-6-4-5-26(22-29)9-10-27-21-28(25-38-24-27)37(48)44-18-16-43(17-19-44)35-14-13-33(40-41-35)36(47)42-54(51,52)31-11-12-32(34(23-31)45(49)50)39-15-20-53-30-7-2-1-3-8-30/h1-8,11-14,21-25,39,46H,15-20H2,(H,42,47). The van der Waals surface area contributed by atoms with E-state index in [2.05, 4.69) is 32.3 Å². The Kier molecular flexibility index (Phi) is 11.6. The number of pyridine rings is 1. The summed E-state index contributed by atoms with van der Waals surface area (Å²) >= 11 is 1.56. The van der Waals surface area contributed by atoms with Crippen molar-refractivity contribution in [1.82, 2.24) is 24.8 Å². The van der Waals surface area contributed by atoms with Crippen molar-refractivity contribution in [3.05, 3.63) is 136 Å². The third-order valence-corrected chi connectivity index (χ3v) is 10.4. The lowest BCUT2D eigenvalue weighted by Gasteiger charge is -2.35. The van der Waals surface area contributed by atoms with E-state index in [9.17, 15) is 33.2 Å². The van der Waals surface area contributed by atoms with Crippen LogP contribution in [0.5, 0.6) is 5.75 Å². The molecule has 1 aliphatic rings. The number of phenols is 1. The van der Waals surface area contributed by atoms with Gasteiger partial charge in [-0.1, -0.05) is 36.1 Å². The fourth-order valence-corrected chi connectivity index (χ4v) is 7.14. The SMILES string of the molecule is O=C(NS(=O)(=O)c1ccc(NCCSc2ccccc2)c([N+](=O)[O-])c1)c1ccc(N2CCN(C(=O)c3cncc(C#Cc4cccc(O)c4)c3)CC2)nn1. The van der Waals surface area contributed by atoms with Crippen LogP contribution in [-0.4, -0.2) is 88.8 Å². The van der Waals surface area contributed by atoms with Gasteiger partial charge in [0.05, 0.1) is 15.4 Å². The summed E-state index contributed by atoms with van der Waals surface area (Å²) in [6, 6.07) is 24.0. The molecule has 0 saturated carbocycles. The van der Waals surface area contributed by atoms with E-state index >= 15 is 0 Å². The second-order valence-electron chi connectivity index (χ2n) is 11.8. The number of rotatable bonds is 11. The minimum absolute atomic E-state index is 0.105. The molecule has 2 amide bonds. The van der Waals surface area contributed by atoms with E-state index in [0.29, 0.717) is 61.0 Å². The first kappa shape index (κ1) is 37.3. The van der Waals surface area contributed by atoms with Crippen LogP contribution in [0.15, 0.2) is 113 Å². The van der Waals surface area contributed by atoms with Crippen LogP contribution < -0.4 is 14.9 Å². The van der Waals surface area contributed by atoms with E-state index < -0.39 is 31.4 Å². The summed E-state index contributed by atoms with van der Waals surface area (Å²) in [4.78, 5) is 45.5. The molecule has 5 aromatic rings. The smallest absolute Gasteiger partial charge is 0.293 e. The van der Waals surface area contributed by atoms with Crippen molar-refractivity contribution >= 4 is 50.8 Å². The summed E-state index contributed by atoms with van der Waals surface area (Å²) in [6.45, 7) is 1.96. The average Bonchev–Trinajstić information content (AvgIpc) is 3.19. The zero-order valence-electron chi connectivity index (χ0n) is 28.5. The largest absolute Gasteiger partial charge is 0.508 e. The van der Waals surface area contributed by atoms with Gasteiger partial charge in [-0.05, 0) is 60.7 Å². The maximum Gasteiger partial charge on any atom is 0.293 e. The minimum Gasteiger partial charge on any atom is -0.508 e. The molecule has 3 N–H and O–H groups in total. The van der Waals surface area contributed by atoms with Crippen LogP contribution in [0, 0.1) is 22.0 Å². The van der Waals surface area contributed by atoms with Gasteiger partial charge in [0.15, 0.2) is 11.5 Å². The van der Waals surface area contributed by atoms with Gasteiger partial charge in [0.2, 0.25) is 0 Å². The quantitative estimate of drug-likeness (QED) is 0.0570. The Bertz CT molecular complexity index is 2340. The number of piperazine rings is 1. The van der Waals surface area contributed by atoms with E-state index in [1.165, 1.54) is 36.5 Å². The molecule has 0 spiro atoms. The van der Waals surface area contributed by atoms with Gasteiger partial charge in [-0.2, -0.15) is 0 Å². The second kappa shape index (κ2) is 16.9. The summed E-state index contributed by atoms with van der Waals surface area (Å²) in [6.07, 6.45) is 3.03. The van der Waals surface area contributed by atoms with Gasteiger partial charge in [-0.3, -0.25) is 24.7 Å². The lowest BCUT2D eigenvalue weighted by atomic mass is 10.1. The summed E-state index contributed by atoms with van der Waals surface area (Å²) in [7, 11) is -4.50. The molecule has 0 bridgehead atoms. The molecule has 15 nitrogen and oxygen atoms in total. The van der Waals surface area contributed by atoms with E-state index in [0.717, 1.165) is 11.0 Å². The molecule has 2 aromatic heterocycles. The van der Waals surface area contributed by atoms with Crippen LogP contribution in [0.25, 0.3) is 0 Å². The van der Waals surface area contributed by atoms with Gasteiger partial charge in [0, 0.05) is 73.0 Å². The van der Waals surface area contributed by atoms with Gasteiger partial charge in [0.25, 0.3) is 27.5 Å². The summed E-state index contributed by atoms with van der Waals surface area (Å²) in [5.41, 5.74) is 0.960. The third-order valence-electron chi connectivity index (χ3n) is 8.09. The fourth-order valence-electron chi connectivity index (χ4n) is 5.37. The third kappa shape index (κ3) is 9.47. The van der Waals surface area contributed by atoms with Crippen LogP contribution >= 0.6 is 11.8 Å². The Hall–Kier alpha value is -6.51. The first-order chi connectivity index (χ1) is 26.1. The predicted octanol–water partition coefficient (Wildman–Crippen LogP) is 4.17. The molecule has 1 aliphatic heterocycles. The number of nitrogens with zero attached hydrogens (tertiary/aromatic N) is 6. The van der Waals surface area contributed by atoms with Crippen LogP contribution in [-0.2, 0) is 10.0 Å². The molecule has 17 heteroatoms. The maximum absolute atomic E-state index is 13.2. The number of sulfonamides is 1. The molecule has 1 fully saturated rings. The molecule has 54 heavy (non-hydrogen) atoms. The van der Waals surface area contributed by atoms with Crippen LogP contribution in [0.4, 0.5) is 17.2 Å². The number of phenolic OH excluding ortho intramolecular Hbond substituents is 1. The molecule has 274 valence electrons. The Morgan fingerprint density at radius 3 is 2.39 bits per heavy atom. The number of hydrogen-bond donors (Lipinski definition) is 3. The van der Waals surface area contributed by atoms with Crippen molar-refractivity contribution in [2.24, 2.45) is 0 Å². The van der Waals surface area contributed by atoms with Crippen molar-refractivity contribution in [1.29, 1.82) is 0 Å². The van der Waals surface area contributed by atoms with Crippen molar-refractivity contribution < 1.29 is 28.0 Å². The highest BCUT2D eigenvalue weighted by Gasteiger charge is 2.26. The molecule has 1 saturated heterocycles. The number of benzene rings is 3. The highest BCUT2D eigenvalue weighted by molar-refractivity contribution is 7.99. The minimum atomic E-state index is -4.50. The number of nitro groups is 1. The fraction of sp³-hybridized carbons (Fsp3) is 0.162. The Morgan fingerprint density at radius 2 is 1.67 bits per heavy atom. The predicted molar refractivity (Wildman–Crippen MR) is 202 cm³/mol. The highest BCUT2D eigenvalue weighted by Crippen LogP contribution is 2.28. The molecule has 0 unspecified atom stereocenters. The number of hydrogen-bond acceptors (Lipinski definition) is 13. The number of anilines is 2. The van der Waals surface area contributed by atoms with Gasteiger partial charge < -0.3 is 20.2 Å². The first-order valence-electron chi connectivity index (χ1n) is 16.5. The maximum atomic E-state index is 13.2. The number of carbonyl (C=O) groups excluding carboxylic acids is 2. The van der Waals surface area contributed by atoms with E-state index in [1.807, 2.05) is 40.0 Å². The number of nitrogens with one attached hydrogen (secondary N) is 2. The molecular formula is C37H32N8O7S2. The molecule has 0 aliphatic carbocycles. The van der Waals surface area contributed by atoms with Crippen molar-refractivity contribution in [3.8, 4) is 17.6 Å². The van der Waals surface area contributed by atoms with Crippen molar-refractivity contribution in [2.75, 3.05) is 48.7 Å². The van der Waals surface area contributed by atoms with Gasteiger partial charge >= 0.3 is 0 Å². The summed E-state index contributed by atoms with van der Waals surface area (Å²) in [5.74, 6) is 5.78. The van der Waals surface area contributed by atoms with Crippen LogP contribution in [0.2, 0.25) is 0 Å². The molecule has 3 heterocycles. The lowest BCUT2D eigenvalue weighted by molar-refractivity contribution is -0.384.